The number of nitrogens with zero attached hydrogens (tertiary/aromatic N) is 1. The van der Waals surface area contributed by atoms with E-state index in [1.165, 1.54) is 0 Å². The quantitative estimate of drug-likeness (QED) is 0.473. The van der Waals surface area contributed by atoms with E-state index in [1.54, 1.807) is 18.2 Å². The maximum atomic E-state index is 8.37. The summed E-state index contributed by atoms with van der Waals surface area (Å²) in [6.07, 6.45) is 7.77. The number of hydrogen-bond donors (Lipinski definition) is 1. The van der Waals surface area contributed by atoms with Crippen molar-refractivity contribution < 1.29 is 0 Å². The summed E-state index contributed by atoms with van der Waals surface area (Å²) in [5.41, 5.74) is 6.25. The molecule has 0 aliphatic heterocycles. The highest BCUT2D eigenvalue weighted by atomic mass is 14.6. The second-order valence-corrected chi connectivity index (χ2v) is 1.61. The minimum Gasteiger partial charge on any atom is -0.368 e. The molecule has 0 radical (unpaired) electrons. The summed E-state index contributed by atoms with van der Waals surface area (Å²) in [6, 6.07) is 1.94. The first-order chi connectivity index (χ1) is 4.34. The molecule has 2 heteroatoms. The zero-order chi connectivity index (χ0) is 6.69. The predicted octanol–water partition coefficient (Wildman–Crippen LogP) is 0.652. The van der Waals surface area contributed by atoms with Gasteiger partial charge < -0.3 is 5.73 Å². The van der Waals surface area contributed by atoms with E-state index in [0.29, 0.717) is 11.3 Å². The summed E-state index contributed by atoms with van der Waals surface area (Å²) < 4.78 is 0. The number of rotatable bonds is 0. The van der Waals surface area contributed by atoms with E-state index >= 15 is 0 Å². The Morgan fingerprint density at radius 2 is 2.44 bits per heavy atom. The lowest BCUT2D eigenvalue weighted by molar-refractivity contribution is 1.31. The van der Waals surface area contributed by atoms with Crippen molar-refractivity contribution in [3.8, 4) is 6.07 Å². The first-order valence-corrected chi connectivity index (χ1v) is 2.51. The molecule has 0 aromatic heterocycles. The molecule has 1 aliphatic rings. The number of allylic oxidation sites excluding steroid dienone is 5. The van der Waals surface area contributed by atoms with Gasteiger partial charge in [0.1, 0.15) is 6.08 Å². The van der Waals surface area contributed by atoms with Crippen LogP contribution in [-0.2, 0) is 0 Å². The second kappa shape index (κ2) is 2.13. The van der Waals surface area contributed by atoms with E-state index in [2.05, 4.69) is 6.08 Å². The van der Waals surface area contributed by atoms with Crippen molar-refractivity contribution in [3.63, 3.8) is 0 Å². The van der Waals surface area contributed by atoms with Gasteiger partial charge in [-0.3, -0.25) is 0 Å². The Morgan fingerprint density at radius 1 is 1.67 bits per heavy atom. The Hall–Kier alpha value is -1.58. The molecule has 0 saturated heterocycles. The van der Waals surface area contributed by atoms with Crippen LogP contribution in [0.2, 0.25) is 0 Å². The summed E-state index contributed by atoms with van der Waals surface area (Å²) in [5.74, 6) is 0. The monoisotopic (exact) mass is 117 g/mol. The normalized spacial score (nSPS) is 15.0. The zero-order valence-electron chi connectivity index (χ0n) is 4.76. The Balaban J connectivity index is 3.00. The van der Waals surface area contributed by atoms with Gasteiger partial charge in [0.25, 0.3) is 0 Å². The van der Waals surface area contributed by atoms with Crippen molar-refractivity contribution in [1.82, 2.24) is 0 Å². The molecule has 0 fully saturated rings. The lowest BCUT2D eigenvalue weighted by atomic mass is 10.1. The molecule has 0 unspecified atom stereocenters. The van der Waals surface area contributed by atoms with Crippen LogP contribution < -0.4 is 5.73 Å². The van der Waals surface area contributed by atoms with Crippen molar-refractivity contribution in [2.75, 3.05) is 0 Å². The summed E-state index contributed by atoms with van der Waals surface area (Å²) in [5, 5.41) is 8.37. The standard InChI is InChI=1S/C7H5N2/c8-5-6-3-1-2-4-7(6)9/h1-3H,9H2/q+1. The third kappa shape index (κ3) is 0.962. The van der Waals surface area contributed by atoms with Gasteiger partial charge in [0.15, 0.2) is 11.6 Å². The highest BCUT2D eigenvalue weighted by Crippen LogP contribution is 2.05. The van der Waals surface area contributed by atoms with E-state index < -0.39 is 0 Å². The molecule has 2 nitrogen and oxygen atoms in total. The Labute approximate surface area is 53.6 Å². The summed E-state index contributed by atoms with van der Waals surface area (Å²) in [7, 11) is 0. The van der Waals surface area contributed by atoms with E-state index in [1.807, 2.05) is 6.07 Å². The fraction of sp³-hybridized carbons (Fsp3) is 0. The average Bonchev–Trinajstić information content (AvgIpc) is 1.89. The summed E-state index contributed by atoms with van der Waals surface area (Å²) >= 11 is 0. The van der Waals surface area contributed by atoms with Crippen LogP contribution in [0.3, 0.4) is 0 Å². The number of hydrogen-bond acceptors (Lipinski definition) is 2. The molecule has 0 spiro atoms. The fourth-order valence-electron chi connectivity index (χ4n) is 0.547. The van der Waals surface area contributed by atoms with Crippen LogP contribution >= 0.6 is 0 Å². The lowest BCUT2D eigenvalue weighted by Gasteiger charge is -1.86. The molecule has 1 aliphatic carbocycles. The summed E-state index contributed by atoms with van der Waals surface area (Å²) in [6.45, 7) is 0. The van der Waals surface area contributed by atoms with Gasteiger partial charge in [-0.05, 0) is 0 Å². The van der Waals surface area contributed by atoms with Gasteiger partial charge in [-0.15, -0.1) is 0 Å². The van der Waals surface area contributed by atoms with Crippen molar-refractivity contribution in [2.45, 2.75) is 0 Å². The molecule has 0 saturated carbocycles. The minimum atomic E-state index is 0.417. The molecule has 0 heterocycles. The van der Waals surface area contributed by atoms with E-state index in [-0.39, 0.29) is 0 Å². The van der Waals surface area contributed by atoms with Crippen LogP contribution in [0, 0.1) is 17.4 Å². The van der Waals surface area contributed by atoms with Crippen LogP contribution in [0.5, 0.6) is 0 Å². The Morgan fingerprint density at radius 3 is 2.89 bits per heavy atom. The lowest BCUT2D eigenvalue weighted by Crippen LogP contribution is -2.00. The first kappa shape index (κ1) is 5.55. The molecule has 0 atom stereocenters. The minimum absolute atomic E-state index is 0.417. The highest BCUT2D eigenvalue weighted by molar-refractivity contribution is 5.44. The molecule has 1 rings (SSSR count). The topological polar surface area (TPSA) is 49.8 Å². The average molecular weight is 117 g/mol. The Kier molecular flexibility index (Phi) is 1.31. The second-order valence-electron chi connectivity index (χ2n) is 1.61. The maximum absolute atomic E-state index is 8.37. The van der Waals surface area contributed by atoms with Crippen molar-refractivity contribution in [1.29, 1.82) is 5.26 Å². The summed E-state index contributed by atoms with van der Waals surface area (Å²) in [4.78, 5) is 0. The molecule has 0 bridgehead atoms. The smallest absolute Gasteiger partial charge is 0.219 e. The van der Waals surface area contributed by atoms with Gasteiger partial charge in [0, 0.05) is 6.08 Å². The SMILES string of the molecule is N#CC1=CC=C[C+]=C1N. The largest absolute Gasteiger partial charge is 0.368 e. The zero-order valence-corrected chi connectivity index (χ0v) is 4.76. The van der Waals surface area contributed by atoms with E-state index in [9.17, 15) is 0 Å². The third-order valence-electron chi connectivity index (χ3n) is 1.01. The molecule has 2 N–H and O–H groups in total. The highest BCUT2D eigenvalue weighted by Gasteiger charge is 2.09. The third-order valence-corrected chi connectivity index (χ3v) is 1.01. The van der Waals surface area contributed by atoms with Crippen LogP contribution in [0.25, 0.3) is 0 Å². The molecule has 9 heavy (non-hydrogen) atoms. The van der Waals surface area contributed by atoms with Crippen LogP contribution in [-0.4, -0.2) is 0 Å². The van der Waals surface area contributed by atoms with E-state index in [4.69, 9.17) is 11.0 Å². The van der Waals surface area contributed by atoms with Crippen LogP contribution in [0.1, 0.15) is 0 Å². The molecular formula is C7H5N2+. The van der Waals surface area contributed by atoms with Crippen LogP contribution in [0.4, 0.5) is 0 Å². The molecule has 0 aromatic carbocycles. The first-order valence-electron chi connectivity index (χ1n) is 2.51. The fourth-order valence-corrected chi connectivity index (χ4v) is 0.547. The Bertz CT molecular complexity index is 238. The van der Waals surface area contributed by atoms with Gasteiger partial charge in [-0.2, -0.15) is 5.26 Å². The van der Waals surface area contributed by atoms with Gasteiger partial charge in [0.2, 0.25) is 5.70 Å². The van der Waals surface area contributed by atoms with E-state index in [0.717, 1.165) is 0 Å². The predicted molar refractivity (Wildman–Crippen MR) is 33.8 cm³/mol. The van der Waals surface area contributed by atoms with Gasteiger partial charge >= 0.3 is 0 Å². The molecule has 0 aromatic rings. The van der Waals surface area contributed by atoms with Crippen molar-refractivity contribution >= 4 is 0 Å². The molecular weight excluding hydrogens is 112 g/mol. The molecule has 0 amide bonds. The molecule has 42 valence electrons. The van der Waals surface area contributed by atoms with Gasteiger partial charge in [-0.25, -0.2) is 0 Å². The van der Waals surface area contributed by atoms with Crippen molar-refractivity contribution in [2.24, 2.45) is 5.73 Å². The van der Waals surface area contributed by atoms with Crippen LogP contribution in [0.15, 0.2) is 29.5 Å². The van der Waals surface area contributed by atoms with Gasteiger partial charge in [0.05, 0.1) is 12.2 Å². The van der Waals surface area contributed by atoms with Crippen molar-refractivity contribution in [3.05, 3.63) is 35.6 Å². The number of nitrogens with two attached hydrogens (primary N) is 1. The van der Waals surface area contributed by atoms with Gasteiger partial charge in [-0.1, -0.05) is 0 Å². The number of nitriles is 1. The maximum Gasteiger partial charge on any atom is 0.219 e.